The second kappa shape index (κ2) is 10.0. The van der Waals surface area contributed by atoms with Crippen LogP contribution in [0.1, 0.15) is 47.8 Å². The van der Waals surface area contributed by atoms with Gasteiger partial charge in [0, 0.05) is 11.3 Å². The number of benzene rings is 3. The van der Waals surface area contributed by atoms with Gasteiger partial charge in [0.25, 0.3) is 5.91 Å². The van der Waals surface area contributed by atoms with Crippen LogP contribution in [0.3, 0.4) is 0 Å². The van der Waals surface area contributed by atoms with E-state index in [9.17, 15) is 4.79 Å². The van der Waals surface area contributed by atoms with Crippen molar-refractivity contribution >= 4 is 17.8 Å². The number of carbonyl (C=O) groups is 1. The molecule has 166 valence electrons. The summed E-state index contributed by atoms with van der Waals surface area (Å²) in [5.41, 5.74) is 12.4. The molecule has 0 heterocycles. The Morgan fingerprint density at radius 1 is 1.03 bits per heavy atom. The quantitative estimate of drug-likeness (QED) is 0.316. The monoisotopic (exact) mass is 431 g/mol. The zero-order valence-corrected chi connectivity index (χ0v) is 18.9. The molecule has 0 radical (unpaired) electrons. The van der Waals surface area contributed by atoms with Crippen molar-refractivity contribution < 1.29 is 14.3 Å². The number of carbonyl (C=O) groups excluding carboxylic acids is 1. The Bertz CT molecular complexity index is 1100. The molecule has 0 fully saturated rings. The van der Waals surface area contributed by atoms with Crippen LogP contribution in [0.15, 0.2) is 71.8 Å². The van der Waals surface area contributed by atoms with E-state index in [4.69, 9.17) is 15.2 Å². The third-order valence-electron chi connectivity index (χ3n) is 4.93. The molecule has 0 atom stereocenters. The lowest BCUT2D eigenvalue weighted by atomic mass is 9.87. The highest BCUT2D eigenvalue weighted by Gasteiger charge is 2.13. The van der Waals surface area contributed by atoms with Crippen LogP contribution in [0.25, 0.3) is 0 Å². The van der Waals surface area contributed by atoms with E-state index in [1.165, 1.54) is 5.56 Å². The van der Waals surface area contributed by atoms with Crippen molar-refractivity contribution in [3.8, 4) is 11.5 Å². The number of rotatable bonds is 7. The number of nitrogen functional groups attached to an aromatic ring is 1. The van der Waals surface area contributed by atoms with E-state index in [0.29, 0.717) is 29.4 Å². The molecule has 32 heavy (non-hydrogen) atoms. The van der Waals surface area contributed by atoms with Gasteiger partial charge < -0.3 is 15.2 Å². The largest absolute Gasteiger partial charge is 0.493 e. The number of anilines is 1. The van der Waals surface area contributed by atoms with Crippen LogP contribution in [-0.2, 0) is 12.0 Å². The summed E-state index contributed by atoms with van der Waals surface area (Å²) in [4.78, 5) is 12.1. The summed E-state index contributed by atoms with van der Waals surface area (Å²) >= 11 is 0. The molecule has 0 aliphatic heterocycles. The number of hydrogen-bond donors (Lipinski definition) is 2. The lowest BCUT2D eigenvalue weighted by Gasteiger charge is -2.19. The first kappa shape index (κ1) is 22.9. The van der Waals surface area contributed by atoms with Gasteiger partial charge in [-0.3, -0.25) is 4.79 Å². The van der Waals surface area contributed by atoms with Crippen molar-refractivity contribution in [2.24, 2.45) is 5.10 Å². The number of nitrogens with zero attached hydrogens (tertiary/aromatic N) is 1. The molecule has 3 aromatic rings. The van der Waals surface area contributed by atoms with E-state index in [0.717, 1.165) is 11.1 Å². The minimum Gasteiger partial charge on any atom is -0.493 e. The Balaban J connectivity index is 1.61. The van der Waals surface area contributed by atoms with Crippen molar-refractivity contribution in [1.29, 1.82) is 0 Å². The predicted octanol–water partition coefficient (Wildman–Crippen LogP) is 4.92. The Morgan fingerprint density at radius 3 is 2.44 bits per heavy atom. The molecular weight excluding hydrogens is 402 g/mol. The minimum absolute atomic E-state index is 0.119. The standard InChI is InChI=1S/C26H29N3O3/c1-26(2,3)21-11-8-18(9-12-21)17-32-23-13-10-19(14-24(23)31-4)16-28-29-25(30)20-6-5-7-22(27)15-20/h5-16H,17,27H2,1-4H3,(H,29,30)/b28-16-. The lowest BCUT2D eigenvalue weighted by molar-refractivity contribution is 0.0955. The summed E-state index contributed by atoms with van der Waals surface area (Å²) < 4.78 is 11.4. The molecule has 0 spiro atoms. The van der Waals surface area contributed by atoms with E-state index < -0.39 is 0 Å². The molecule has 3 N–H and O–H groups in total. The number of nitrogens with one attached hydrogen (secondary N) is 1. The Labute approximate surface area is 189 Å². The maximum absolute atomic E-state index is 12.1. The molecule has 0 unspecified atom stereocenters. The van der Waals surface area contributed by atoms with E-state index in [1.54, 1.807) is 43.7 Å². The normalized spacial score (nSPS) is 11.4. The van der Waals surface area contributed by atoms with Crippen molar-refractivity contribution in [1.82, 2.24) is 5.43 Å². The lowest BCUT2D eigenvalue weighted by Crippen LogP contribution is -2.17. The fourth-order valence-electron chi connectivity index (χ4n) is 3.06. The Hall–Kier alpha value is -3.80. The van der Waals surface area contributed by atoms with Crippen LogP contribution < -0.4 is 20.6 Å². The van der Waals surface area contributed by atoms with Gasteiger partial charge in [0.2, 0.25) is 0 Å². The molecule has 0 saturated heterocycles. The van der Waals surface area contributed by atoms with Gasteiger partial charge in [0.05, 0.1) is 13.3 Å². The third kappa shape index (κ3) is 6.11. The van der Waals surface area contributed by atoms with Crippen LogP contribution in [-0.4, -0.2) is 19.2 Å². The van der Waals surface area contributed by atoms with Crippen LogP contribution in [0.2, 0.25) is 0 Å². The van der Waals surface area contributed by atoms with Gasteiger partial charge in [-0.2, -0.15) is 5.10 Å². The van der Waals surface area contributed by atoms with Gasteiger partial charge in [0.1, 0.15) is 6.61 Å². The van der Waals surface area contributed by atoms with E-state index >= 15 is 0 Å². The zero-order valence-electron chi connectivity index (χ0n) is 18.9. The fourth-order valence-corrected chi connectivity index (χ4v) is 3.06. The number of hydrogen-bond acceptors (Lipinski definition) is 5. The van der Waals surface area contributed by atoms with Crippen LogP contribution in [0.5, 0.6) is 11.5 Å². The first-order valence-corrected chi connectivity index (χ1v) is 10.4. The predicted molar refractivity (Wildman–Crippen MR) is 128 cm³/mol. The number of ether oxygens (including phenoxy) is 2. The number of hydrazone groups is 1. The van der Waals surface area contributed by atoms with Crippen molar-refractivity contribution in [3.63, 3.8) is 0 Å². The fraction of sp³-hybridized carbons (Fsp3) is 0.231. The third-order valence-corrected chi connectivity index (χ3v) is 4.93. The highest BCUT2D eigenvalue weighted by Crippen LogP contribution is 2.29. The highest BCUT2D eigenvalue weighted by atomic mass is 16.5. The van der Waals surface area contributed by atoms with E-state index in [1.807, 2.05) is 12.1 Å². The smallest absolute Gasteiger partial charge is 0.271 e. The number of nitrogens with two attached hydrogens (primary N) is 1. The molecule has 0 aliphatic carbocycles. The molecular formula is C26H29N3O3. The van der Waals surface area contributed by atoms with Crippen LogP contribution in [0, 0.1) is 0 Å². The van der Waals surface area contributed by atoms with Gasteiger partial charge in [-0.1, -0.05) is 51.1 Å². The molecule has 6 nitrogen and oxygen atoms in total. The SMILES string of the molecule is COc1cc(/C=N\NC(=O)c2cccc(N)c2)ccc1OCc1ccc(C(C)(C)C)cc1. The highest BCUT2D eigenvalue weighted by molar-refractivity contribution is 5.95. The summed E-state index contributed by atoms with van der Waals surface area (Å²) in [6.45, 7) is 7.01. The second-order valence-electron chi connectivity index (χ2n) is 8.47. The summed E-state index contributed by atoms with van der Waals surface area (Å²) in [5.74, 6) is 0.883. The van der Waals surface area contributed by atoms with Crippen molar-refractivity contribution in [2.75, 3.05) is 12.8 Å². The van der Waals surface area contributed by atoms with Gasteiger partial charge in [-0.15, -0.1) is 0 Å². The summed E-state index contributed by atoms with van der Waals surface area (Å²) in [7, 11) is 1.59. The van der Waals surface area contributed by atoms with Gasteiger partial charge in [-0.05, 0) is 58.5 Å². The van der Waals surface area contributed by atoms with Gasteiger partial charge in [0.15, 0.2) is 11.5 Å². The second-order valence-corrected chi connectivity index (χ2v) is 8.47. The van der Waals surface area contributed by atoms with Gasteiger partial charge in [-0.25, -0.2) is 5.43 Å². The molecule has 0 aromatic heterocycles. The topological polar surface area (TPSA) is 85.9 Å². The maximum Gasteiger partial charge on any atom is 0.271 e. The molecule has 3 aromatic carbocycles. The average Bonchev–Trinajstić information content (AvgIpc) is 2.77. The Morgan fingerprint density at radius 2 is 1.78 bits per heavy atom. The number of methoxy groups -OCH3 is 1. The van der Waals surface area contributed by atoms with Crippen molar-refractivity contribution in [2.45, 2.75) is 32.8 Å². The summed E-state index contributed by atoms with van der Waals surface area (Å²) in [5, 5.41) is 4.01. The van der Waals surface area contributed by atoms with E-state index in [2.05, 4.69) is 55.6 Å². The Kier molecular flexibility index (Phi) is 7.15. The molecule has 1 amide bonds. The summed E-state index contributed by atoms with van der Waals surface area (Å²) in [6, 6.07) is 20.6. The number of amides is 1. The first-order chi connectivity index (χ1) is 15.3. The van der Waals surface area contributed by atoms with E-state index in [-0.39, 0.29) is 11.3 Å². The average molecular weight is 432 g/mol. The first-order valence-electron chi connectivity index (χ1n) is 10.4. The molecule has 6 heteroatoms. The van der Waals surface area contributed by atoms with Crippen LogP contribution >= 0.6 is 0 Å². The zero-order chi connectivity index (χ0) is 23.1. The van der Waals surface area contributed by atoms with Crippen LogP contribution in [0.4, 0.5) is 5.69 Å². The van der Waals surface area contributed by atoms with Crippen molar-refractivity contribution in [3.05, 3.63) is 89.0 Å². The molecule has 0 saturated carbocycles. The minimum atomic E-state index is -0.335. The molecule has 0 bridgehead atoms. The molecule has 0 aliphatic rings. The van der Waals surface area contributed by atoms with Gasteiger partial charge >= 0.3 is 0 Å². The maximum atomic E-state index is 12.1. The summed E-state index contributed by atoms with van der Waals surface area (Å²) in [6.07, 6.45) is 1.54. The molecule has 3 rings (SSSR count).